The molecule has 1 N–H and O–H groups in total. The van der Waals surface area contributed by atoms with Crippen molar-refractivity contribution in [2.24, 2.45) is 0 Å². The van der Waals surface area contributed by atoms with Crippen LogP contribution in [0, 0.1) is 0 Å². The van der Waals surface area contributed by atoms with Gasteiger partial charge >= 0.3 is 0 Å². The Morgan fingerprint density at radius 3 is 2.56 bits per heavy atom. The second-order valence-corrected chi connectivity index (χ2v) is 3.81. The van der Waals surface area contributed by atoms with Gasteiger partial charge in [0.25, 0.3) is 0 Å². The minimum absolute atomic E-state index is 0. The fourth-order valence-corrected chi connectivity index (χ4v) is 1.90. The minimum Gasteiger partial charge on any atom is -0.497 e. The maximum atomic E-state index is 5.75. The van der Waals surface area contributed by atoms with Crippen molar-refractivity contribution in [1.29, 1.82) is 0 Å². The van der Waals surface area contributed by atoms with Crippen molar-refractivity contribution in [3.05, 3.63) is 29.8 Å². The number of hydrogen-bond donors (Lipinski definition) is 1. The summed E-state index contributed by atoms with van der Waals surface area (Å²) in [5, 5.41) is 3.40. The fourth-order valence-electron chi connectivity index (χ4n) is 1.90. The van der Waals surface area contributed by atoms with Crippen molar-refractivity contribution in [3.8, 4) is 5.75 Å². The molecule has 1 fully saturated rings. The van der Waals surface area contributed by atoms with Crippen LogP contribution in [-0.2, 0) is 4.74 Å². The van der Waals surface area contributed by atoms with E-state index in [9.17, 15) is 0 Å². The molecular formula is C12H18ClNO2. The number of nitrogens with one attached hydrogen (secondary N) is 1. The summed E-state index contributed by atoms with van der Waals surface area (Å²) >= 11 is 0. The van der Waals surface area contributed by atoms with Gasteiger partial charge in [-0.15, -0.1) is 12.4 Å². The lowest BCUT2D eigenvalue weighted by Crippen LogP contribution is -2.41. The number of morpholine rings is 1. The Kier molecular flexibility index (Phi) is 5.06. The van der Waals surface area contributed by atoms with E-state index in [2.05, 4.69) is 24.4 Å². The number of rotatable bonds is 2. The molecule has 1 aliphatic heterocycles. The number of benzene rings is 1. The monoisotopic (exact) mass is 243 g/mol. The number of ether oxygens (including phenoxy) is 2. The van der Waals surface area contributed by atoms with E-state index in [0.717, 1.165) is 18.9 Å². The van der Waals surface area contributed by atoms with Crippen molar-refractivity contribution >= 4 is 12.4 Å². The summed E-state index contributed by atoms with van der Waals surface area (Å²) < 4.78 is 10.9. The third-order valence-electron chi connectivity index (χ3n) is 2.76. The Morgan fingerprint density at radius 2 is 2.00 bits per heavy atom. The topological polar surface area (TPSA) is 30.5 Å². The first-order valence-corrected chi connectivity index (χ1v) is 5.30. The molecule has 0 radical (unpaired) electrons. The van der Waals surface area contributed by atoms with Gasteiger partial charge in [0.15, 0.2) is 0 Å². The van der Waals surface area contributed by atoms with Gasteiger partial charge in [0.2, 0.25) is 0 Å². The molecule has 0 saturated carbocycles. The molecule has 2 unspecified atom stereocenters. The van der Waals surface area contributed by atoms with Gasteiger partial charge in [-0.3, -0.25) is 0 Å². The molecule has 2 rings (SSSR count). The van der Waals surface area contributed by atoms with Gasteiger partial charge in [-0.05, 0) is 24.6 Å². The van der Waals surface area contributed by atoms with Gasteiger partial charge in [-0.25, -0.2) is 0 Å². The lowest BCUT2D eigenvalue weighted by molar-refractivity contribution is -0.000243. The molecule has 0 aromatic heterocycles. The predicted molar refractivity (Wildman–Crippen MR) is 66.4 cm³/mol. The van der Waals surface area contributed by atoms with E-state index in [1.165, 1.54) is 5.56 Å². The molecule has 0 amide bonds. The molecule has 2 atom stereocenters. The molecule has 0 bridgehead atoms. The highest BCUT2D eigenvalue weighted by atomic mass is 35.5. The smallest absolute Gasteiger partial charge is 0.118 e. The SMILES string of the molecule is COc1ccc(C2OCCNC2C)cc1.Cl. The third kappa shape index (κ3) is 2.88. The highest BCUT2D eigenvalue weighted by Gasteiger charge is 2.22. The Hall–Kier alpha value is -0.770. The highest BCUT2D eigenvalue weighted by molar-refractivity contribution is 5.85. The van der Waals surface area contributed by atoms with E-state index in [1.54, 1.807) is 7.11 Å². The molecular weight excluding hydrogens is 226 g/mol. The average molecular weight is 244 g/mol. The molecule has 3 nitrogen and oxygen atoms in total. The first-order chi connectivity index (χ1) is 7.31. The van der Waals surface area contributed by atoms with Crippen LogP contribution in [0.15, 0.2) is 24.3 Å². The van der Waals surface area contributed by atoms with Crippen LogP contribution < -0.4 is 10.1 Å². The zero-order valence-corrected chi connectivity index (χ0v) is 10.4. The molecule has 16 heavy (non-hydrogen) atoms. The van der Waals surface area contributed by atoms with Crippen LogP contribution in [-0.4, -0.2) is 26.3 Å². The Morgan fingerprint density at radius 1 is 1.31 bits per heavy atom. The van der Waals surface area contributed by atoms with Crippen LogP contribution >= 0.6 is 12.4 Å². The normalized spacial score (nSPS) is 24.6. The summed E-state index contributed by atoms with van der Waals surface area (Å²) in [6.07, 6.45) is 0.157. The van der Waals surface area contributed by atoms with E-state index in [0.29, 0.717) is 6.04 Å². The standard InChI is InChI=1S/C12H17NO2.ClH/c1-9-12(15-8-7-13-9)10-3-5-11(14-2)6-4-10;/h3-6,9,12-13H,7-8H2,1-2H3;1H. The van der Waals surface area contributed by atoms with Crippen LogP contribution in [0.2, 0.25) is 0 Å². The highest BCUT2D eigenvalue weighted by Crippen LogP contribution is 2.25. The van der Waals surface area contributed by atoms with Gasteiger partial charge < -0.3 is 14.8 Å². The number of hydrogen-bond acceptors (Lipinski definition) is 3. The molecule has 1 aliphatic rings. The van der Waals surface area contributed by atoms with Crippen LogP contribution in [0.3, 0.4) is 0 Å². The number of halogens is 1. The van der Waals surface area contributed by atoms with Gasteiger partial charge in [-0.2, -0.15) is 0 Å². The van der Waals surface area contributed by atoms with Crippen molar-refractivity contribution in [3.63, 3.8) is 0 Å². The average Bonchev–Trinajstić information content (AvgIpc) is 2.30. The van der Waals surface area contributed by atoms with Gasteiger partial charge in [0.05, 0.1) is 19.8 Å². The summed E-state index contributed by atoms with van der Waals surface area (Å²) in [6, 6.07) is 8.44. The third-order valence-corrected chi connectivity index (χ3v) is 2.76. The first kappa shape index (κ1) is 13.3. The molecule has 0 aliphatic carbocycles. The zero-order valence-electron chi connectivity index (χ0n) is 9.60. The largest absolute Gasteiger partial charge is 0.497 e. The van der Waals surface area contributed by atoms with E-state index >= 15 is 0 Å². The number of methoxy groups -OCH3 is 1. The molecule has 1 aromatic rings. The van der Waals surface area contributed by atoms with E-state index in [4.69, 9.17) is 9.47 Å². The summed E-state index contributed by atoms with van der Waals surface area (Å²) in [5.41, 5.74) is 1.20. The summed E-state index contributed by atoms with van der Waals surface area (Å²) in [7, 11) is 1.68. The maximum absolute atomic E-state index is 5.75. The molecule has 1 heterocycles. The van der Waals surface area contributed by atoms with Crippen LogP contribution in [0.5, 0.6) is 5.75 Å². The summed E-state index contributed by atoms with van der Waals surface area (Å²) in [5.74, 6) is 0.884. The maximum Gasteiger partial charge on any atom is 0.118 e. The summed E-state index contributed by atoms with van der Waals surface area (Å²) in [6.45, 7) is 3.86. The van der Waals surface area contributed by atoms with E-state index in [-0.39, 0.29) is 18.5 Å². The second-order valence-electron chi connectivity index (χ2n) is 3.81. The Bertz CT molecular complexity index is 315. The fraction of sp³-hybridized carbons (Fsp3) is 0.500. The van der Waals surface area contributed by atoms with Crippen LogP contribution in [0.4, 0.5) is 0 Å². The minimum atomic E-state index is 0. The zero-order chi connectivity index (χ0) is 10.7. The summed E-state index contributed by atoms with van der Waals surface area (Å²) in [4.78, 5) is 0. The van der Waals surface area contributed by atoms with Gasteiger partial charge in [0.1, 0.15) is 5.75 Å². The van der Waals surface area contributed by atoms with Crippen molar-refractivity contribution in [2.45, 2.75) is 19.1 Å². The predicted octanol–water partition coefficient (Wildman–Crippen LogP) is 2.17. The van der Waals surface area contributed by atoms with Gasteiger partial charge in [0, 0.05) is 12.6 Å². The molecule has 4 heteroatoms. The van der Waals surface area contributed by atoms with Crippen LogP contribution in [0.25, 0.3) is 0 Å². The molecule has 90 valence electrons. The molecule has 0 spiro atoms. The molecule has 1 aromatic carbocycles. The second kappa shape index (κ2) is 6.09. The lowest BCUT2D eigenvalue weighted by Gasteiger charge is -2.30. The van der Waals surface area contributed by atoms with Crippen molar-refractivity contribution < 1.29 is 9.47 Å². The quantitative estimate of drug-likeness (QED) is 0.864. The first-order valence-electron chi connectivity index (χ1n) is 5.30. The van der Waals surface area contributed by atoms with Crippen molar-refractivity contribution in [2.75, 3.05) is 20.3 Å². The van der Waals surface area contributed by atoms with E-state index < -0.39 is 0 Å². The lowest BCUT2D eigenvalue weighted by atomic mass is 10.0. The van der Waals surface area contributed by atoms with Crippen molar-refractivity contribution in [1.82, 2.24) is 5.32 Å². The van der Waals surface area contributed by atoms with Gasteiger partial charge in [-0.1, -0.05) is 12.1 Å². The molecule has 1 saturated heterocycles. The van der Waals surface area contributed by atoms with E-state index in [1.807, 2.05) is 12.1 Å². The Balaban J connectivity index is 0.00000128. The Labute approximate surface area is 103 Å². The van der Waals surface area contributed by atoms with Crippen LogP contribution in [0.1, 0.15) is 18.6 Å².